The van der Waals surface area contributed by atoms with Crippen molar-refractivity contribution in [3.8, 4) is 0 Å². The van der Waals surface area contributed by atoms with E-state index in [9.17, 15) is 22.8 Å². The summed E-state index contributed by atoms with van der Waals surface area (Å²) >= 11 is 11.8. The smallest absolute Gasteiger partial charge is 0.475 e. The normalized spacial score (nSPS) is 13.4. The molecule has 2 aromatic rings. The molecule has 0 atom stereocenters. The summed E-state index contributed by atoms with van der Waals surface area (Å²) in [5.74, 6) is -2.84. The maximum Gasteiger partial charge on any atom is 0.490 e. The quantitative estimate of drug-likeness (QED) is 0.502. The molecule has 0 unspecified atom stereocenters. The molecule has 0 saturated carbocycles. The minimum atomic E-state index is -5.08. The van der Waals surface area contributed by atoms with Gasteiger partial charge in [0, 0.05) is 37.4 Å². The molecule has 0 radical (unpaired) electrons. The van der Waals surface area contributed by atoms with Crippen molar-refractivity contribution < 1.29 is 32.7 Å². The molecule has 14 heteroatoms. The number of piperazine rings is 1. The number of nitrogens with zero attached hydrogens (tertiary/aromatic N) is 2. The molecule has 0 spiro atoms. The van der Waals surface area contributed by atoms with Crippen LogP contribution in [0.2, 0.25) is 10.0 Å². The van der Waals surface area contributed by atoms with Crippen LogP contribution in [0.5, 0.6) is 0 Å². The number of rotatable bonds is 3. The fourth-order valence-corrected chi connectivity index (χ4v) is 2.79. The molecule has 2 heterocycles. The van der Waals surface area contributed by atoms with Crippen molar-refractivity contribution in [2.75, 3.05) is 36.8 Å². The van der Waals surface area contributed by atoms with Crippen LogP contribution < -0.4 is 16.0 Å². The molecule has 3 amide bonds. The largest absolute Gasteiger partial charge is 0.490 e. The van der Waals surface area contributed by atoms with Crippen molar-refractivity contribution in [3.63, 3.8) is 0 Å². The number of carboxylic acids is 1. The van der Waals surface area contributed by atoms with Gasteiger partial charge in [-0.25, -0.2) is 14.6 Å². The summed E-state index contributed by atoms with van der Waals surface area (Å²) in [6.07, 6.45) is -3.65. The lowest BCUT2D eigenvalue weighted by Gasteiger charge is -2.27. The molecule has 0 bridgehead atoms. The average Bonchev–Trinajstić information content (AvgIpc) is 2.77. The summed E-state index contributed by atoms with van der Waals surface area (Å²) in [7, 11) is 0. The van der Waals surface area contributed by atoms with E-state index in [1.807, 2.05) is 0 Å². The number of nitrogens with one attached hydrogen (secondary N) is 3. The van der Waals surface area contributed by atoms with Crippen LogP contribution in [-0.2, 0) is 4.79 Å². The van der Waals surface area contributed by atoms with Crippen LogP contribution in [-0.4, -0.2) is 65.3 Å². The van der Waals surface area contributed by atoms with E-state index in [2.05, 4.69) is 20.9 Å². The Labute approximate surface area is 195 Å². The Balaban J connectivity index is 0.000000479. The van der Waals surface area contributed by atoms with E-state index >= 15 is 0 Å². The lowest BCUT2D eigenvalue weighted by atomic mass is 10.1. The number of carbonyl (C=O) groups excluding carboxylic acids is 2. The molecule has 1 aromatic heterocycles. The van der Waals surface area contributed by atoms with E-state index in [0.717, 1.165) is 13.1 Å². The van der Waals surface area contributed by atoms with Gasteiger partial charge in [-0.2, -0.15) is 13.2 Å². The molecule has 0 aliphatic carbocycles. The monoisotopic (exact) mass is 507 g/mol. The molecule has 1 aliphatic rings. The van der Waals surface area contributed by atoms with Gasteiger partial charge in [0.1, 0.15) is 5.82 Å². The van der Waals surface area contributed by atoms with Crippen molar-refractivity contribution in [1.29, 1.82) is 0 Å². The van der Waals surface area contributed by atoms with Crippen molar-refractivity contribution in [2.45, 2.75) is 6.18 Å². The number of hydrogen-bond donors (Lipinski definition) is 4. The third-order valence-electron chi connectivity index (χ3n) is 4.08. The summed E-state index contributed by atoms with van der Waals surface area (Å²) in [6.45, 7) is 2.69. The molecule has 178 valence electrons. The van der Waals surface area contributed by atoms with Gasteiger partial charge in [-0.3, -0.25) is 4.79 Å². The molecular weight excluding hydrogens is 490 g/mol. The highest BCUT2D eigenvalue weighted by Crippen LogP contribution is 2.23. The summed E-state index contributed by atoms with van der Waals surface area (Å²) in [4.78, 5) is 39.6. The Morgan fingerprint density at radius 2 is 1.64 bits per heavy atom. The average molecular weight is 508 g/mol. The van der Waals surface area contributed by atoms with Crippen LogP contribution in [0.15, 0.2) is 36.5 Å². The van der Waals surface area contributed by atoms with Crippen molar-refractivity contribution in [3.05, 3.63) is 52.1 Å². The molecule has 1 aromatic carbocycles. The van der Waals surface area contributed by atoms with Crippen LogP contribution in [0.4, 0.5) is 29.5 Å². The van der Waals surface area contributed by atoms with Gasteiger partial charge in [-0.1, -0.05) is 23.2 Å². The van der Waals surface area contributed by atoms with E-state index in [-0.39, 0.29) is 11.6 Å². The fourth-order valence-electron chi connectivity index (χ4n) is 2.51. The van der Waals surface area contributed by atoms with Gasteiger partial charge in [0.25, 0.3) is 5.91 Å². The third kappa shape index (κ3) is 8.40. The first-order valence-electron chi connectivity index (χ1n) is 9.26. The summed E-state index contributed by atoms with van der Waals surface area (Å²) in [5, 5.41) is 16.6. The highest BCUT2D eigenvalue weighted by Gasteiger charge is 2.38. The topological polar surface area (TPSA) is 124 Å². The van der Waals surface area contributed by atoms with E-state index in [0.29, 0.717) is 34.6 Å². The fraction of sp³-hybridized carbons (Fsp3) is 0.263. The number of halogens is 5. The number of aromatic nitrogens is 1. The first-order valence-corrected chi connectivity index (χ1v) is 10.0. The second-order valence-electron chi connectivity index (χ2n) is 6.48. The Bertz CT molecular complexity index is 1000. The van der Waals surface area contributed by atoms with Crippen LogP contribution in [0.1, 0.15) is 10.4 Å². The van der Waals surface area contributed by atoms with Gasteiger partial charge in [0.15, 0.2) is 0 Å². The Morgan fingerprint density at radius 1 is 1.03 bits per heavy atom. The van der Waals surface area contributed by atoms with Gasteiger partial charge in [0.2, 0.25) is 0 Å². The number of alkyl halides is 3. The number of carboxylic acid groups (broad SMARTS) is 1. The zero-order valence-corrected chi connectivity index (χ0v) is 18.3. The number of benzene rings is 1. The zero-order chi connectivity index (χ0) is 24.6. The number of pyridine rings is 1. The molecule has 3 rings (SSSR count). The van der Waals surface area contributed by atoms with Gasteiger partial charge < -0.3 is 26.0 Å². The van der Waals surface area contributed by atoms with Gasteiger partial charge in [0.05, 0.1) is 16.3 Å². The predicted octanol–water partition coefficient (Wildman–Crippen LogP) is 3.71. The van der Waals surface area contributed by atoms with Crippen molar-refractivity contribution >= 4 is 52.6 Å². The summed E-state index contributed by atoms with van der Waals surface area (Å²) < 4.78 is 31.7. The van der Waals surface area contributed by atoms with Crippen LogP contribution in [0, 0.1) is 0 Å². The number of aliphatic carboxylic acids is 1. The molecule has 1 fully saturated rings. The number of carbonyl (C=O) groups is 3. The number of urea groups is 1. The lowest BCUT2D eigenvalue weighted by Crippen LogP contribution is -2.48. The second kappa shape index (κ2) is 11.7. The van der Waals surface area contributed by atoms with E-state index in [4.69, 9.17) is 33.1 Å². The highest BCUT2D eigenvalue weighted by molar-refractivity contribution is 6.31. The SMILES string of the molecule is O=C(Nc1ccc(Cl)cn1)c1cc(Cl)ccc1NC(=O)N1CCNCC1.O=C(O)C(F)(F)F. The number of amides is 3. The lowest BCUT2D eigenvalue weighted by molar-refractivity contribution is -0.192. The Morgan fingerprint density at radius 3 is 2.18 bits per heavy atom. The van der Waals surface area contributed by atoms with Crippen LogP contribution >= 0.6 is 23.2 Å². The van der Waals surface area contributed by atoms with E-state index in [1.54, 1.807) is 29.2 Å². The Kier molecular flexibility index (Phi) is 9.26. The van der Waals surface area contributed by atoms with Gasteiger partial charge >= 0.3 is 18.2 Å². The summed E-state index contributed by atoms with van der Waals surface area (Å²) in [5.41, 5.74) is 0.627. The first-order chi connectivity index (χ1) is 15.5. The highest BCUT2D eigenvalue weighted by atomic mass is 35.5. The predicted molar refractivity (Wildman–Crippen MR) is 116 cm³/mol. The van der Waals surface area contributed by atoms with Gasteiger partial charge in [-0.15, -0.1) is 0 Å². The van der Waals surface area contributed by atoms with Crippen molar-refractivity contribution in [2.24, 2.45) is 0 Å². The number of hydrogen-bond acceptors (Lipinski definition) is 5. The zero-order valence-electron chi connectivity index (χ0n) is 16.7. The maximum atomic E-state index is 12.6. The van der Waals surface area contributed by atoms with E-state index < -0.39 is 18.1 Å². The van der Waals surface area contributed by atoms with Gasteiger partial charge in [-0.05, 0) is 30.3 Å². The standard InChI is InChI=1S/C17H17Cl2N5O2.C2HF3O2/c18-11-1-3-14(22-17(26)24-7-5-20-6-8-24)13(9-11)16(25)23-15-4-2-12(19)10-21-15;3-2(4,5)1(6)7/h1-4,9-10,20H,5-8H2,(H,22,26)(H,21,23,25);(H,6,7). The minimum absolute atomic E-state index is 0.248. The van der Waals surface area contributed by atoms with Crippen LogP contribution in [0.25, 0.3) is 0 Å². The second-order valence-corrected chi connectivity index (χ2v) is 7.35. The third-order valence-corrected chi connectivity index (χ3v) is 4.54. The molecule has 1 aliphatic heterocycles. The molecule has 33 heavy (non-hydrogen) atoms. The van der Waals surface area contributed by atoms with Crippen LogP contribution in [0.3, 0.4) is 0 Å². The molecular formula is C19H18Cl2F3N5O4. The minimum Gasteiger partial charge on any atom is -0.475 e. The molecule has 9 nitrogen and oxygen atoms in total. The molecule has 1 saturated heterocycles. The van der Waals surface area contributed by atoms with Crippen molar-refractivity contribution in [1.82, 2.24) is 15.2 Å². The maximum absolute atomic E-state index is 12.6. The van der Waals surface area contributed by atoms with E-state index in [1.165, 1.54) is 12.3 Å². The summed E-state index contributed by atoms with van der Waals surface area (Å²) in [6, 6.07) is 7.67. The first kappa shape index (κ1) is 26.2. The molecule has 4 N–H and O–H groups in total. The Hall–Kier alpha value is -3.09. The number of anilines is 2.